The number of nitrogens with one attached hydrogen (secondary N) is 2. The van der Waals surface area contributed by atoms with Crippen LogP contribution < -0.4 is 16.2 Å². The highest BCUT2D eigenvalue weighted by atomic mass is 16.5. The fraction of sp³-hybridized carbons (Fsp3) is 0.200. The number of alkyl carbamates (subject to hydrolysis) is 1. The predicted octanol–water partition coefficient (Wildman–Crippen LogP) is 1.24. The van der Waals surface area contributed by atoms with Crippen LogP contribution in [0.2, 0.25) is 0 Å². The van der Waals surface area contributed by atoms with Crippen molar-refractivity contribution >= 4 is 22.9 Å². The number of aromatic hydroxyl groups is 1. The topological polar surface area (TPSA) is 123 Å². The first-order valence-corrected chi connectivity index (χ1v) is 8.86. The molecule has 2 heterocycles. The van der Waals surface area contributed by atoms with Gasteiger partial charge in [0, 0.05) is 30.7 Å². The lowest BCUT2D eigenvalue weighted by atomic mass is 10.1. The number of hydrogen-bond donors (Lipinski definition) is 3. The van der Waals surface area contributed by atoms with Crippen molar-refractivity contribution in [2.24, 2.45) is 0 Å². The molecule has 3 aromatic rings. The first-order valence-electron chi connectivity index (χ1n) is 8.86. The van der Waals surface area contributed by atoms with Crippen molar-refractivity contribution < 1.29 is 19.4 Å². The first kappa shape index (κ1) is 19.9. The summed E-state index contributed by atoms with van der Waals surface area (Å²) >= 11 is 0. The highest BCUT2D eigenvalue weighted by Crippen LogP contribution is 2.26. The summed E-state index contributed by atoms with van der Waals surface area (Å²) in [4.78, 5) is 39.9. The molecule has 150 valence electrons. The molecule has 0 atom stereocenters. The van der Waals surface area contributed by atoms with Crippen molar-refractivity contribution in [3.8, 4) is 5.75 Å². The van der Waals surface area contributed by atoms with Gasteiger partial charge in [0.25, 0.3) is 11.5 Å². The van der Waals surface area contributed by atoms with Crippen molar-refractivity contribution in [1.29, 1.82) is 0 Å². The minimum absolute atomic E-state index is 0.110. The maximum absolute atomic E-state index is 12.5. The van der Waals surface area contributed by atoms with Crippen LogP contribution in [-0.2, 0) is 11.3 Å². The Balaban J connectivity index is 1.89. The Morgan fingerprint density at radius 2 is 1.83 bits per heavy atom. The Kier molecular flexibility index (Phi) is 6.08. The van der Waals surface area contributed by atoms with Gasteiger partial charge in [-0.2, -0.15) is 0 Å². The molecule has 29 heavy (non-hydrogen) atoms. The molecule has 0 unspecified atom stereocenters. The Hall–Kier alpha value is -3.88. The molecule has 9 heteroatoms. The molecule has 2 amide bonds. The van der Waals surface area contributed by atoms with Crippen molar-refractivity contribution in [1.82, 2.24) is 20.2 Å². The molecular formula is C20H20N4O5. The summed E-state index contributed by atoms with van der Waals surface area (Å²) < 4.78 is 5.84. The van der Waals surface area contributed by atoms with E-state index in [1.54, 1.807) is 6.07 Å². The van der Waals surface area contributed by atoms with E-state index in [2.05, 4.69) is 20.4 Å². The van der Waals surface area contributed by atoms with Crippen LogP contribution in [0, 0.1) is 0 Å². The molecule has 0 fully saturated rings. The monoisotopic (exact) mass is 396 g/mol. The van der Waals surface area contributed by atoms with Crippen LogP contribution in [0.15, 0.2) is 53.5 Å². The molecule has 0 bridgehead atoms. The van der Waals surface area contributed by atoms with Gasteiger partial charge in [-0.25, -0.2) is 9.78 Å². The van der Waals surface area contributed by atoms with E-state index < -0.39 is 12.0 Å². The van der Waals surface area contributed by atoms with Gasteiger partial charge in [0.2, 0.25) is 0 Å². The molecule has 1 aromatic carbocycles. The average molecular weight is 396 g/mol. The zero-order valence-electron chi connectivity index (χ0n) is 15.7. The number of ether oxygens (including phenoxy) is 1. The summed E-state index contributed by atoms with van der Waals surface area (Å²) in [5, 5.41) is 16.2. The summed E-state index contributed by atoms with van der Waals surface area (Å²) in [5.41, 5.74) is 0.590. The fourth-order valence-electron chi connectivity index (χ4n) is 2.86. The van der Waals surface area contributed by atoms with E-state index in [4.69, 9.17) is 0 Å². The molecule has 0 saturated carbocycles. The average Bonchev–Trinajstić information content (AvgIpc) is 2.73. The number of amides is 2. The third kappa shape index (κ3) is 4.52. The van der Waals surface area contributed by atoms with Gasteiger partial charge in [-0.05, 0) is 11.6 Å². The molecule has 9 nitrogen and oxygen atoms in total. The fourth-order valence-corrected chi connectivity index (χ4v) is 2.86. The summed E-state index contributed by atoms with van der Waals surface area (Å²) in [5.74, 6) is -1.01. The van der Waals surface area contributed by atoms with Crippen LogP contribution in [-0.4, -0.2) is 46.9 Å². The summed E-state index contributed by atoms with van der Waals surface area (Å²) in [6.07, 6.45) is 0.813. The van der Waals surface area contributed by atoms with E-state index in [-0.39, 0.29) is 42.2 Å². The number of pyridine rings is 2. The molecule has 0 aliphatic rings. The SMILES string of the molecule is COC(=O)NCCNC(=O)c1ncc2ccc(=O)n(Cc3ccccc3)c2c1O. The number of carbonyl (C=O) groups is 2. The third-order valence-corrected chi connectivity index (χ3v) is 4.26. The standard InChI is InChI=1S/C20H20N4O5/c1-29-20(28)22-10-9-21-19(27)16-18(26)17-14(11-23-16)7-8-15(25)24(17)12-13-5-3-2-4-6-13/h2-8,11,26H,9-10,12H2,1H3,(H,21,27)(H,22,28). The third-order valence-electron chi connectivity index (χ3n) is 4.26. The normalized spacial score (nSPS) is 10.5. The van der Waals surface area contributed by atoms with Gasteiger partial charge in [0.15, 0.2) is 11.4 Å². The number of benzene rings is 1. The van der Waals surface area contributed by atoms with Crippen LogP contribution in [0.5, 0.6) is 5.75 Å². The zero-order chi connectivity index (χ0) is 20.8. The molecule has 2 aromatic heterocycles. The summed E-state index contributed by atoms with van der Waals surface area (Å²) in [7, 11) is 1.24. The highest BCUT2D eigenvalue weighted by Gasteiger charge is 2.18. The van der Waals surface area contributed by atoms with Crippen molar-refractivity contribution in [2.45, 2.75) is 6.54 Å². The lowest BCUT2D eigenvalue weighted by Gasteiger charge is -2.13. The van der Waals surface area contributed by atoms with E-state index in [1.165, 1.54) is 23.9 Å². The number of fused-ring (bicyclic) bond motifs is 1. The van der Waals surface area contributed by atoms with Gasteiger partial charge in [0.05, 0.1) is 19.2 Å². The minimum Gasteiger partial charge on any atom is -0.504 e. The molecule has 3 rings (SSSR count). The number of carbonyl (C=O) groups excluding carboxylic acids is 2. The number of aromatic nitrogens is 2. The van der Waals surface area contributed by atoms with Crippen molar-refractivity contribution in [3.63, 3.8) is 0 Å². The van der Waals surface area contributed by atoms with E-state index in [9.17, 15) is 19.5 Å². The number of nitrogens with zero attached hydrogens (tertiary/aromatic N) is 2. The van der Waals surface area contributed by atoms with Gasteiger partial charge in [-0.15, -0.1) is 0 Å². The smallest absolute Gasteiger partial charge is 0.406 e. The summed E-state index contributed by atoms with van der Waals surface area (Å²) in [6.45, 7) is 0.489. The molecule has 0 spiro atoms. The quantitative estimate of drug-likeness (QED) is 0.539. The van der Waals surface area contributed by atoms with Gasteiger partial charge >= 0.3 is 6.09 Å². The lowest BCUT2D eigenvalue weighted by molar-refractivity contribution is 0.0945. The van der Waals surface area contributed by atoms with Gasteiger partial charge in [-0.3, -0.25) is 9.59 Å². The second kappa shape index (κ2) is 8.87. The Bertz CT molecular complexity index is 1100. The highest BCUT2D eigenvalue weighted by molar-refractivity contribution is 6.00. The first-order chi connectivity index (χ1) is 14.0. The largest absolute Gasteiger partial charge is 0.504 e. The van der Waals surface area contributed by atoms with Gasteiger partial charge in [0.1, 0.15) is 0 Å². The van der Waals surface area contributed by atoms with Crippen molar-refractivity contribution in [2.75, 3.05) is 20.2 Å². The lowest BCUT2D eigenvalue weighted by Crippen LogP contribution is -2.35. The van der Waals surface area contributed by atoms with E-state index >= 15 is 0 Å². The zero-order valence-corrected chi connectivity index (χ0v) is 15.7. The van der Waals surface area contributed by atoms with Crippen LogP contribution in [0.25, 0.3) is 10.9 Å². The van der Waals surface area contributed by atoms with E-state index in [1.807, 2.05) is 30.3 Å². The number of methoxy groups -OCH3 is 1. The van der Waals surface area contributed by atoms with Crippen LogP contribution in [0.3, 0.4) is 0 Å². The van der Waals surface area contributed by atoms with Gasteiger partial charge in [-0.1, -0.05) is 30.3 Å². The maximum atomic E-state index is 12.5. The molecule has 0 saturated heterocycles. The van der Waals surface area contributed by atoms with Crippen LogP contribution in [0.1, 0.15) is 16.1 Å². The Morgan fingerprint density at radius 1 is 1.10 bits per heavy atom. The molecule has 0 aliphatic carbocycles. The minimum atomic E-state index is -0.626. The van der Waals surface area contributed by atoms with Crippen LogP contribution in [0.4, 0.5) is 4.79 Å². The van der Waals surface area contributed by atoms with Crippen molar-refractivity contribution in [3.05, 3.63) is 70.3 Å². The predicted molar refractivity (Wildman–Crippen MR) is 106 cm³/mol. The second-order valence-corrected chi connectivity index (χ2v) is 6.18. The second-order valence-electron chi connectivity index (χ2n) is 6.18. The Morgan fingerprint density at radius 3 is 2.55 bits per heavy atom. The number of hydrogen-bond acceptors (Lipinski definition) is 6. The van der Waals surface area contributed by atoms with E-state index in [0.717, 1.165) is 5.56 Å². The maximum Gasteiger partial charge on any atom is 0.406 e. The number of rotatable bonds is 6. The molecule has 0 aliphatic heterocycles. The Labute approximate surface area is 166 Å². The molecule has 3 N–H and O–H groups in total. The molecule has 0 radical (unpaired) electrons. The van der Waals surface area contributed by atoms with E-state index in [0.29, 0.717) is 5.39 Å². The molecular weight excluding hydrogens is 376 g/mol. The van der Waals surface area contributed by atoms with Crippen LogP contribution >= 0.6 is 0 Å². The summed E-state index contributed by atoms with van der Waals surface area (Å²) in [6, 6.07) is 12.3. The van der Waals surface area contributed by atoms with Gasteiger partial charge < -0.3 is 25.0 Å².